The van der Waals surface area contributed by atoms with E-state index in [9.17, 15) is 10.1 Å². The SMILES string of the molecule is N#CCCn1nc(-c2ccccc2)c([N+](=O)[O-])c1Cl. The lowest BCUT2D eigenvalue weighted by Crippen LogP contribution is -1.99. The van der Waals surface area contributed by atoms with Crippen molar-refractivity contribution >= 4 is 17.3 Å². The molecular formula is C12H9ClN4O2. The molecule has 96 valence electrons. The fraction of sp³-hybridized carbons (Fsp3) is 0.167. The predicted molar refractivity (Wildman–Crippen MR) is 69.6 cm³/mol. The van der Waals surface area contributed by atoms with E-state index in [4.69, 9.17) is 16.9 Å². The molecule has 0 spiro atoms. The molecule has 1 aromatic heterocycles. The summed E-state index contributed by atoms with van der Waals surface area (Å²) in [6.45, 7) is 0.225. The molecule has 0 radical (unpaired) electrons. The number of benzene rings is 1. The van der Waals surface area contributed by atoms with Crippen molar-refractivity contribution in [3.05, 3.63) is 45.6 Å². The Balaban J connectivity index is 2.54. The van der Waals surface area contributed by atoms with Crippen molar-refractivity contribution < 1.29 is 4.92 Å². The smallest absolute Gasteiger partial charge is 0.258 e. The highest BCUT2D eigenvalue weighted by Crippen LogP contribution is 2.35. The lowest BCUT2D eigenvalue weighted by atomic mass is 10.1. The van der Waals surface area contributed by atoms with E-state index in [0.717, 1.165) is 0 Å². The highest BCUT2D eigenvalue weighted by Gasteiger charge is 2.27. The lowest BCUT2D eigenvalue weighted by Gasteiger charge is -1.96. The number of rotatable bonds is 4. The maximum absolute atomic E-state index is 11.1. The van der Waals surface area contributed by atoms with Gasteiger partial charge in [-0.1, -0.05) is 41.9 Å². The zero-order valence-electron chi connectivity index (χ0n) is 9.78. The molecule has 1 aromatic carbocycles. The average Bonchev–Trinajstić information content (AvgIpc) is 2.74. The van der Waals surface area contributed by atoms with E-state index in [1.807, 2.05) is 12.1 Å². The van der Waals surface area contributed by atoms with Crippen molar-refractivity contribution in [1.82, 2.24) is 9.78 Å². The molecule has 0 unspecified atom stereocenters. The number of halogens is 1. The van der Waals surface area contributed by atoms with Gasteiger partial charge >= 0.3 is 5.69 Å². The third-order valence-electron chi connectivity index (χ3n) is 2.53. The molecule has 0 N–H and O–H groups in total. The summed E-state index contributed by atoms with van der Waals surface area (Å²) >= 11 is 5.96. The van der Waals surface area contributed by atoms with Crippen LogP contribution in [-0.2, 0) is 6.54 Å². The van der Waals surface area contributed by atoms with Gasteiger partial charge < -0.3 is 0 Å². The third kappa shape index (κ3) is 2.56. The van der Waals surface area contributed by atoms with Crippen molar-refractivity contribution in [2.45, 2.75) is 13.0 Å². The van der Waals surface area contributed by atoms with E-state index in [0.29, 0.717) is 5.56 Å². The van der Waals surface area contributed by atoms with Crippen LogP contribution in [0, 0.1) is 21.4 Å². The minimum atomic E-state index is -0.555. The second-order valence-electron chi connectivity index (χ2n) is 3.74. The number of hydrogen-bond acceptors (Lipinski definition) is 4. The van der Waals surface area contributed by atoms with Crippen LogP contribution in [0.3, 0.4) is 0 Å². The Bertz CT molecular complexity index is 646. The van der Waals surface area contributed by atoms with Gasteiger partial charge in [0.05, 0.1) is 24.0 Å². The highest BCUT2D eigenvalue weighted by molar-refractivity contribution is 6.32. The summed E-state index contributed by atoms with van der Waals surface area (Å²) in [5.41, 5.74) is 0.603. The van der Waals surface area contributed by atoms with Crippen LogP contribution in [0.2, 0.25) is 5.15 Å². The van der Waals surface area contributed by atoms with Gasteiger partial charge in [-0.3, -0.25) is 10.1 Å². The quantitative estimate of drug-likeness (QED) is 0.634. The van der Waals surface area contributed by atoms with Gasteiger partial charge in [0.25, 0.3) is 0 Å². The van der Waals surface area contributed by atoms with Crippen LogP contribution < -0.4 is 0 Å². The minimum absolute atomic E-state index is 0.0564. The molecule has 0 saturated carbocycles. The van der Waals surface area contributed by atoms with Crippen LogP contribution in [0.4, 0.5) is 5.69 Å². The first-order valence-corrected chi connectivity index (χ1v) is 5.86. The summed E-state index contributed by atoms with van der Waals surface area (Å²) < 4.78 is 1.28. The van der Waals surface area contributed by atoms with Crippen molar-refractivity contribution in [2.24, 2.45) is 0 Å². The number of nitro groups is 1. The second kappa shape index (κ2) is 5.50. The Kier molecular flexibility index (Phi) is 3.78. The van der Waals surface area contributed by atoms with E-state index in [1.54, 1.807) is 24.3 Å². The zero-order valence-corrected chi connectivity index (χ0v) is 10.5. The van der Waals surface area contributed by atoms with E-state index in [-0.39, 0.29) is 29.5 Å². The first kappa shape index (κ1) is 13.1. The van der Waals surface area contributed by atoms with Crippen molar-refractivity contribution in [1.29, 1.82) is 5.26 Å². The maximum atomic E-state index is 11.1. The number of nitriles is 1. The van der Waals surface area contributed by atoms with Crippen LogP contribution in [0.25, 0.3) is 11.3 Å². The maximum Gasteiger partial charge on any atom is 0.333 e. The molecule has 0 aliphatic carbocycles. The Labute approximate surface area is 114 Å². The standard InChI is InChI=1S/C12H9ClN4O2/c13-12-11(17(18)19)10(9-5-2-1-3-6-9)15-16(12)8-4-7-14/h1-3,5-6H,4,8H2. The number of hydrogen-bond donors (Lipinski definition) is 0. The van der Waals surface area contributed by atoms with E-state index < -0.39 is 4.92 Å². The average molecular weight is 277 g/mol. The molecule has 0 atom stereocenters. The first-order valence-electron chi connectivity index (χ1n) is 5.48. The van der Waals surface area contributed by atoms with Gasteiger partial charge in [-0.2, -0.15) is 10.4 Å². The molecule has 0 bridgehead atoms. The molecule has 0 fully saturated rings. The molecule has 7 heteroatoms. The second-order valence-corrected chi connectivity index (χ2v) is 4.10. The Hall–Kier alpha value is -2.39. The van der Waals surface area contributed by atoms with E-state index in [2.05, 4.69) is 5.10 Å². The molecule has 1 heterocycles. The Morgan fingerprint density at radius 2 is 2.11 bits per heavy atom. The normalized spacial score (nSPS) is 10.1. The fourth-order valence-corrected chi connectivity index (χ4v) is 1.97. The summed E-state index contributed by atoms with van der Waals surface area (Å²) in [5.74, 6) is 0. The van der Waals surface area contributed by atoms with Crippen LogP contribution in [0.15, 0.2) is 30.3 Å². The van der Waals surface area contributed by atoms with Crippen LogP contribution in [-0.4, -0.2) is 14.7 Å². The van der Waals surface area contributed by atoms with Gasteiger partial charge in [-0.15, -0.1) is 0 Å². The van der Waals surface area contributed by atoms with E-state index >= 15 is 0 Å². The third-order valence-corrected chi connectivity index (χ3v) is 2.91. The van der Waals surface area contributed by atoms with Gasteiger partial charge in [0.1, 0.15) is 0 Å². The van der Waals surface area contributed by atoms with Gasteiger partial charge in [0.15, 0.2) is 5.69 Å². The molecule has 0 amide bonds. The first-order chi connectivity index (χ1) is 9.15. The Morgan fingerprint density at radius 1 is 1.42 bits per heavy atom. The number of nitrogens with zero attached hydrogens (tertiary/aromatic N) is 4. The summed E-state index contributed by atoms with van der Waals surface area (Å²) in [6.07, 6.45) is 0.187. The molecule has 0 saturated heterocycles. The molecule has 2 rings (SSSR count). The molecular weight excluding hydrogens is 268 g/mol. The van der Waals surface area contributed by atoms with Crippen LogP contribution in [0.1, 0.15) is 6.42 Å². The van der Waals surface area contributed by atoms with E-state index in [1.165, 1.54) is 4.68 Å². The zero-order chi connectivity index (χ0) is 13.8. The van der Waals surface area contributed by atoms with Gasteiger partial charge in [0, 0.05) is 5.56 Å². The lowest BCUT2D eigenvalue weighted by molar-refractivity contribution is -0.384. The largest absolute Gasteiger partial charge is 0.333 e. The summed E-state index contributed by atoms with van der Waals surface area (Å²) in [5, 5.41) is 23.7. The molecule has 0 aliphatic rings. The minimum Gasteiger partial charge on any atom is -0.258 e. The number of aromatic nitrogens is 2. The van der Waals surface area contributed by atoms with Crippen LogP contribution >= 0.6 is 11.6 Å². The summed E-state index contributed by atoms with van der Waals surface area (Å²) in [4.78, 5) is 10.6. The topological polar surface area (TPSA) is 84.8 Å². The van der Waals surface area contributed by atoms with Crippen molar-refractivity contribution in [3.63, 3.8) is 0 Å². The summed E-state index contributed by atoms with van der Waals surface area (Å²) in [7, 11) is 0. The van der Waals surface area contributed by atoms with Gasteiger partial charge in [-0.05, 0) is 0 Å². The summed E-state index contributed by atoms with van der Waals surface area (Å²) in [6, 6.07) is 10.7. The molecule has 0 aliphatic heterocycles. The Morgan fingerprint density at radius 3 is 2.68 bits per heavy atom. The fourth-order valence-electron chi connectivity index (χ4n) is 1.69. The predicted octanol–water partition coefficient (Wildman–Crippen LogP) is 3.03. The monoisotopic (exact) mass is 276 g/mol. The number of aryl methyl sites for hydroxylation is 1. The van der Waals surface area contributed by atoms with Crippen molar-refractivity contribution in [3.8, 4) is 17.3 Å². The molecule has 6 nitrogen and oxygen atoms in total. The van der Waals surface area contributed by atoms with Crippen molar-refractivity contribution in [2.75, 3.05) is 0 Å². The highest BCUT2D eigenvalue weighted by atomic mass is 35.5. The molecule has 2 aromatic rings. The van der Waals surface area contributed by atoms with Crippen LogP contribution in [0.5, 0.6) is 0 Å². The van der Waals surface area contributed by atoms with Gasteiger partial charge in [0.2, 0.25) is 5.15 Å². The molecule has 19 heavy (non-hydrogen) atoms. The van der Waals surface area contributed by atoms with Gasteiger partial charge in [-0.25, -0.2) is 4.68 Å².